The number of fused-ring (bicyclic) bond motifs is 1. The maximum atomic E-state index is 12.9. The molecule has 1 N–H and O–H groups in total. The molecule has 1 aromatic heterocycles. The molecule has 0 fully saturated rings. The number of benzene rings is 2. The summed E-state index contributed by atoms with van der Waals surface area (Å²) in [5.74, 6) is -0.839. The average Bonchev–Trinajstić information content (AvgIpc) is 3.04. The number of carbonyl (C=O) groups is 2. The number of rotatable bonds is 4. The summed E-state index contributed by atoms with van der Waals surface area (Å²) >= 11 is 5.54. The van der Waals surface area contributed by atoms with Crippen LogP contribution in [0.25, 0.3) is 10.9 Å². The van der Waals surface area contributed by atoms with E-state index < -0.39 is 22.7 Å². The first-order valence-corrected chi connectivity index (χ1v) is 8.39. The van der Waals surface area contributed by atoms with E-state index in [0.717, 1.165) is 23.0 Å². The second-order valence-corrected chi connectivity index (χ2v) is 6.29. The first-order chi connectivity index (χ1) is 12.8. The van der Waals surface area contributed by atoms with E-state index in [-0.39, 0.29) is 24.4 Å². The minimum absolute atomic E-state index is 0.0319. The van der Waals surface area contributed by atoms with E-state index in [1.54, 1.807) is 24.4 Å². The van der Waals surface area contributed by atoms with Crippen LogP contribution in [0, 0.1) is 0 Å². The zero-order chi connectivity index (χ0) is 19.6. The smallest absolute Gasteiger partial charge is 0.326 e. The zero-order valence-electron chi connectivity index (χ0n) is 13.9. The van der Waals surface area contributed by atoms with Crippen molar-refractivity contribution >= 4 is 40.0 Å². The van der Waals surface area contributed by atoms with Gasteiger partial charge < -0.3 is 5.32 Å². The molecule has 0 atom stereocenters. The van der Waals surface area contributed by atoms with Crippen molar-refractivity contribution in [2.45, 2.75) is 19.0 Å². The van der Waals surface area contributed by atoms with Crippen molar-refractivity contribution in [3.05, 3.63) is 65.3 Å². The van der Waals surface area contributed by atoms with Gasteiger partial charge in [-0.3, -0.25) is 14.2 Å². The van der Waals surface area contributed by atoms with Crippen molar-refractivity contribution in [1.82, 2.24) is 4.57 Å². The molecule has 0 spiro atoms. The topological polar surface area (TPSA) is 51.1 Å². The van der Waals surface area contributed by atoms with E-state index in [2.05, 4.69) is 5.32 Å². The highest BCUT2D eigenvalue weighted by Gasteiger charge is 2.33. The van der Waals surface area contributed by atoms with Crippen LogP contribution in [0.1, 0.15) is 23.2 Å². The molecule has 140 valence electrons. The molecule has 0 bridgehead atoms. The quantitative estimate of drug-likeness (QED) is 0.646. The summed E-state index contributed by atoms with van der Waals surface area (Å²) in [6.45, 7) is 0. The summed E-state index contributed by atoms with van der Waals surface area (Å²) < 4.78 is 40.0. The van der Waals surface area contributed by atoms with E-state index >= 15 is 0 Å². The predicted molar refractivity (Wildman–Crippen MR) is 96.9 cm³/mol. The Labute approximate surface area is 157 Å². The molecule has 1 heterocycles. The first-order valence-electron chi connectivity index (χ1n) is 8.01. The summed E-state index contributed by atoms with van der Waals surface area (Å²) in [7, 11) is 0. The summed E-state index contributed by atoms with van der Waals surface area (Å²) in [6.07, 6.45) is -3.23. The number of amides is 1. The van der Waals surface area contributed by atoms with Gasteiger partial charge in [-0.2, -0.15) is 13.2 Å². The lowest BCUT2D eigenvalue weighted by Crippen LogP contribution is -2.16. The van der Waals surface area contributed by atoms with Crippen LogP contribution in [-0.2, 0) is 11.0 Å². The van der Waals surface area contributed by atoms with Crippen LogP contribution in [0.3, 0.4) is 0 Å². The van der Waals surface area contributed by atoms with Crippen molar-refractivity contribution < 1.29 is 22.8 Å². The summed E-state index contributed by atoms with van der Waals surface area (Å²) in [6, 6.07) is 12.2. The maximum absolute atomic E-state index is 12.9. The van der Waals surface area contributed by atoms with Crippen LogP contribution in [0.5, 0.6) is 0 Å². The molecular formula is C19H14ClF3N2O2. The second kappa shape index (κ2) is 7.44. The van der Waals surface area contributed by atoms with Crippen molar-refractivity contribution in [1.29, 1.82) is 0 Å². The molecule has 3 rings (SSSR count). The standard InChI is InChI=1S/C19H14ClF3N2O2/c20-15-6-5-13(11-14(15)19(21,22)23)24-17(26)7-8-18(27)25-10-9-12-3-1-2-4-16(12)25/h1-6,9-11H,7-8H2,(H,24,26). The molecule has 0 aliphatic rings. The largest absolute Gasteiger partial charge is 0.417 e. The number of alkyl halides is 3. The minimum atomic E-state index is -4.62. The molecule has 1 amide bonds. The van der Waals surface area contributed by atoms with Gasteiger partial charge in [-0.1, -0.05) is 29.8 Å². The Morgan fingerprint density at radius 3 is 2.52 bits per heavy atom. The molecule has 0 aliphatic heterocycles. The average molecular weight is 395 g/mol. The molecule has 27 heavy (non-hydrogen) atoms. The fourth-order valence-corrected chi connectivity index (χ4v) is 2.91. The number of carbonyl (C=O) groups excluding carboxylic acids is 2. The van der Waals surface area contributed by atoms with Gasteiger partial charge in [0.05, 0.1) is 16.1 Å². The van der Waals surface area contributed by atoms with Crippen molar-refractivity contribution in [2.75, 3.05) is 5.32 Å². The number of hydrogen-bond acceptors (Lipinski definition) is 2. The molecule has 0 saturated heterocycles. The Balaban J connectivity index is 1.64. The highest BCUT2D eigenvalue weighted by atomic mass is 35.5. The van der Waals surface area contributed by atoms with Crippen LogP contribution in [0.4, 0.5) is 18.9 Å². The minimum Gasteiger partial charge on any atom is -0.326 e. The molecular weight excluding hydrogens is 381 g/mol. The monoisotopic (exact) mass is 394 g/mol. The lowest BCUT2D eigenvalue weighted by atomic mass is 10.2. The van der Waals surface area contributed by atoms with Crippen molar-refractivity contribution in [3.8, 4) is 0 Å². The fourth-order valence-electron chi connectivity index (χ4n) is 2.69. The maximum Gasteiger partial charge on any atom is 0.417 e. The Morgan fingerprint density at radius 1 is 1.04 bits per heavy atom. The third-order valence-corrected chi connectivity index (χ3v) is 4.32. The third-order valence-electron chi connectivity index (χ3n) is 3.99. The van der Waals surface area contributed by atoms with Crippen LogP contribution < -0.4 is 5.32 Å². The Kier molecular flexibility index (Phi) is 5.23. The van der Waals surface area contributed by atoms with Gasteiger partial charge in [0, 0.05) is 30.1 Å². The third kappa shape index (κ3) is 4.31. The number of hydrogen-bond donors (Lipinski definition) is 1. The van der Waals surface area contributed by atoms with Crippen LogP contribution in [-0.4, -0.2) is 16.4 Å². The molecule has 0 unspecified atom stereocenters. The van der Waals surface area contributed by atoms with E-state index in [0.29, 0.717) is 0 Å². The number of para-hydroxylation sites is 1. The highest BCUT2D eigenvalue weighted by molar-refractivity contribution is 6.31. The van der Waals surface area contributed by atoms with Gasteiger partial charge in [-0.25, -0.2) is 0 Å². The van der Waals surface area contributed by atoms with Gasteiger partial charge >= 0.3 is 6.18 Å². The Morgan fingerprint density at radius 2 is 1.78 bits per heavy atom. The van der Waals surface area contributed by atoms with Gasteiger partial charge in [-0.05, 0) is 30.3 Å². The van der Waals surface area contributed by atoms with Gasteiger partial charge in [-0.15, -0.1) is 0 Å². The highest BCUT2D eigenvalue weighted by Crippen LogP contribution is 2.36. The van der Waals surface area contributed by atoms with Crippen LogP contribution in [0.15, 0.2) is 54.7 Å². The SMILES string of the molecule is O=C(CCC(=O)n1ccc2ccccc21)Nc1ccc(Cl)c(C(F)(F)F)c1. The van der Waals surface area contributed by atoms with E-state index in [1.165, 1.54) is 10.6 Å². The molecule has 4 nitrogen and oxygen atoms in total. The number of anilines is 1. The van der Waals surface area contributed by atoms with Crippen LogP contribution in [0.2, 0.25) is 5.02 Å². The molecule has 3 aromatic rings. The number of halogens is 4. The van der Waals surface area contributed by atoms with Crippen molar-refractivity contribution in [3.63, 3.8) is 0 Å². The molecule has 0 saturated carbocycles. The normalized spacial score (nSPS) is 11.6. The predicted octanol–water partition coefficient (Wildman–Crippen LogP) is 5.37. The molecule has 0 aliphatic carbocycles. The number of nitrogens with zero attached hydrogens (tertiary/aromatic N) is 1. The van der Waals surface area contributed by atoms with Gasteiger partial charge in [0.15, 0.2) is 0 Å². The number of nitrogens with one attached hydrogen (secondary N) is 1. The van der Waals surface area contributed by atoms with Crippen LogP contribution >= 0.6 is 11.6 Å². The van der Waals surface area contributed by atoms with E-state index in [9.17, 15) is 22.8 Å². The summed E-state index contributed by atoms with van der Waals surface area (Å²) in [5.41, 5.74) is -0.331. The Hall–Kier alpha value is -2.80. The second-order valence-electron chi connectivity index (χ2n) is 5.88. The molecule has 8 heteroatoms. The lowest BCUT2D eigenvalue weighted by molar-refractivity contribution is -0.137. The summed E-state index contributed by atoms with van der Waals surface area (Å²) in [5, 5.41) is 2.81. The van der Waals surface area contributed by atoms with Crippen molar-refractivity contribution in [2.24, 2.45) is 0 Å². The molecule has 0 radical (unpaired) electrons. The lowest BCUT2D eigenvalue weighted by Gasteiger charge is -2.12. The number of aromatic nitrogens is 1. The summed E-state index contributed by atoms with van der Waals surface area (Å²) in [4.78, 5) is 24.3. The zero-order valence-corrected chi connectivity index (χ0v) is 14.6. The van der Waals surface area contributed by atoms with Gasteiger partial charge in [0.2, 0.25) is 11.8 Å². The fraction of sp³-hybridized carbons (Fsp3) is 0.158. The Bertz CT molecular complexity index is 1010. The van der Waals surface area contributed by atoms with E-state index in [1.807, 2.05) is 12.1 Å². The molecule has 2 aromatic carbocycles. The van der Waals surface area contributed by atoms with Gasteiger partial charge in [0.1, 0.15) is 0 Å². The van der Waals surface area contributed by atoms with Gasteiger partial charge in [0.25, 0.3) is 0 Å². The van der Waals surface area contributed by atoms with E-state index in [4.69, 9.17) is 11.6 Å². The first kappa shape index (κ1) is 19.0.